The fourth-order valence-electron chi connectivity index (χ4n) is 2.35. The fourth-order valence-corrected chi connectivity index (χ4v) is 2.35. The summed E-state index contributed by atoms with van der Waals surface area (Å²) in [6, 6.07) is 13.9. The Kier molecular flexibility index (Phi) is 4.49. The van der Waals surface area contributed by atoms with Crippen LogP contribution in [0.15, 0.2) is 60.9 Å². The number of hydroxylamine groups is 1. The number of aromatic nitrogens is 1. The minimum absolute atomic E-state index is 0.175. The predicted molar refractivity (Wildman–Crippen MR) is 88.6 cm³/mol. The summed E-state index contributed by atoms with van der Waals surface area (Å²) in [6.45, 7) is 0.342. The minimum atomic E-state index is -0.573. The average Bonchev–Trinajstić information content (AvgIpc) is 2.65. The van der Waals surface area contributed by atoms with Crippen molar-refractivity contribution in [2.24, 2.45) is 0 Å². The van der Waals surface area contributed by atoms with Crippen LogP contribution in [0.4, 0.5) is 0 Å². The van der Waals surface area contributed by atoms with Gasteiger partial charge < -0.3 is 5.32 Å². The third-order valence-electron chi connectivity index (χ3n) is 3.67. The van der Waals surface area contributed by atoms with Crippen LogP contribution in [0.3, 0.4) is 0 Å². The van der Waals surface area contributed by atoms with Crippen molar-refractivity contribution < 1.29 is 14.8 Å². The second-order valence-corrected chi connectivity index (χ2v) is 5.26. The van der Waals surface area contributed by atoms with Crippen LogP contribution in [0.5, 0.6) is 0 Å². The molecule has 0 saturated carbocycles. The van der Waals surface area contributed by atoms with Crippen LogP contribution in [0, 0.1) is 0 Å². The predicted octanol–water partition coefficient (Wildman–Crippen LogP) is 2.28. The van der Waals surface area contributed by atoms with E-state index in [0.717, 1.165) is 16.3 Å². The van der Waals surface area contributed by atoms with Crippen LogP contribution in [0.1, 0.15) is 26.3 Å². The van der Waals surface area contributed by atoms with Crippen LogP contribution in [-0.2, 0) is 6.54 Å². The number of carbonyl (C=O) groups is 2. The Bertz CT molecular complexity index is 891. The molecule has 1 heterocycles. The normalized spacial score (nSPS) is 10.4. The third-order valence-corrected chi connectivity index (χ3v) is 3.67. The van der Waals surface area contributed by atoms with Gasteiger partial charge in [0.25, 0.3) is 11.8 Å². The van der Waals surface area contributed by atoms with Crippen LogP contribution in [0.25, 0.3) is 10.8 Å². The molecular weight excluding hydrogens is 306 g/mol. The molecule has 6 heteroatoms. The molecule has 3 aromatic rings. The highest BCUT2D eigenvalue weighted by molar-refractivity contribution is 5.98. The summed E-state index contributed by atoms with van der Waals surface area (Å²) in [5.74, 6) is -0.748. The van der Waals surface area contributed by atoms with E-state index in [9.17, 15) is 9.59 Å². The number of nitrogens with zero attached hydrogens (tertiary/aromatic N) is 1. The third kappa shape index (κ3) is 3.39. The molecule has 6 nitrogen and oxygen atoms in total. The van der Waals surface area contributed by atoms with Crippen molar-refractivity contribution in [1.82, 2.24) is 15.8 Å². The van der Waals surface area contributed by atoms with Crippen molar-refractivity contribution in [1.29, 1.82) is 0 Å². The number of hydrogen-bond acceptors (Lipinski definition) is 4. The summed E-state index contributed by atoms with van der Waals surface area (Å²) >= 11 is 0. The number of nitrogens with one attached hydrogen (secondary N) is 2. The highest BCUT2D eigenvalue weighted by Crippen LogP contribution is 2.14. The highest BCUT2D eigenvalue weighted by atomic mass is 16.5. The lowest BCUT2D eigenvalue weighted by Gasteiger charge is -2.07. The Morgan fingerprint density at radius 1 is 0.917 bits per heavy atom. The van der Waals surface area contributed by atoms with Gasteiger partial charge in [0, 0.05) is 35.5 Å². The number of rotatable bonds is 4. The van der Waals surface area contributed by atoms with E-state index in [4.69, 9.17) is 5.21 Å². The summed E-state index contributed by atoms with van der Waals surface area (Å²) in [6.07, 6.45) is 3.44. The van der Waals surface area contributed by atoms with E-state index in [1.54, 1.807) is 48.2 Å². The van der Waals surface area contributed by atoms with Gasteiger partial charge in [-0.05, 0) is 41.3 Å². The first-order valence-corrected chi connectivity index (χ1v) is 7.33. The molecule has 0 fully saturated rings. The lowest BCUT2D eigenvalue weighted by Crippen LogP contribution is -2.23. The van der Waals surface area contributed by atoms with Crippen molar-refractivity contribution in [2.75, 3.05) is 0 Å². The standard InChI is InChI=1S/C18H15N3O3/c22-17(15-5-6-16-11-19-8-7-14(16)9-15)20-10-12-1-3-13(4-2-12)18(23)21-24/h1-9,11,24H,10H2,(H,20,22)(H,21,23). The number of amides is 2. The molecule has 3 rings (SSSR count). The summed E-state index contributed by atoms with van der Waals surface area (Å²) in [4.78, 5) is 27.6. The average molecular weight is 321 g/mol. The van der Waals surface area contributed by atoms with E-state index in [2.05, 4.69) is 10.3 Å². The van der Waals surface area contributed by atoms with Gasteiger partial charge in [-0.15, -0.1) is 0 Å². The Balaban J connectivity index is 1.67. The second-order valence-electron chi connectivity index (χ2n) is 5.26. The van der Waals surface area contributed by atoms with E-state index in [0.29, 0.717) is 17.7 Å². The Hall–Kier alpha value is -3.25. The first kappa shape index (κ1) is 15.6. The van der Waals surface area contributed by atoms with E-state index in [1.165, 1.54) is 0 Å². The zero-order valence-corrected chi connectivity index (χ0v) is 12.7. The molecule has 0 unspecified atom stereocenters. The Labute approximate surface area is 138 Å². The van der Waals surface area contributed by atoms with Gasteiger partial charge in [0.2, 0.25) is 0 Å². The lowest BCUT2D eigenvalue weighted by atomic mass is 10.1. The molecule has 3 N–H and O–H groups in total. The number of carbonyl (C=O) groups excluding carboxylic acids is 2. The molecule has 0 saturated heterocycles. The molecule has 120 valence electrons. The van der Waals surface area contributed by atoms with Gasteiger partial charge in [-0.1, -0.05) is 18.2 Å². The number of fused-ring (bicyclic) bond motifs is 1. The summed E-state index contributed by atoms with van der Waals surface area (Å²) in [7, 11) is 0. The number of benzene rings is 2. The maximum absolute atomic E-state index is 12.3. The topological polar surface area (TPSA) is 91.3 Å². The summed E-state index contributed by atoms with van der Waals surface area (Å²) < 4.78 is 0. The van der Waals surface area contributed by atoms with Crippen molar-refractivity contribution in [3.8, 4) is 0 Å². The van der Waals surface area contributed by atoms with Crippen molar-refractivity contribution >= 4 is 22.6 Å². The smallest absolute Gasteiger partial charge is 0.274 e. The molecular formula is C18H15N3O3. The van der Waals surface area contributed by atoms with Crippen LogP contribution in [0.2, 0.25) is 0 Å². The number of pyridine rings is 1. The summed E-state index contributed by atoms with van der Waals surface area (Å²) in [5, 5.41) is 13.3. The SMILES string of the molecule is O=C(NO)c1ccc(CNC(=O)c2ccc3cnccc3c2)cc1. The largest absolute Gasteiger partial charge is 0.348 e. The van der Waals surface area contributed by atoms with E-state index >= 15 is 0 Å². The van der Waals surface area contributed by atoms with Crippen molar-refractivity contribution in [3.63, 3.8) is 0 Å². The Morgan fingerprint density at radius 2 is 1.67 bits per heavy atom. The van der Waals surface area contributed by atoms with Crippen molar-refractivity contribution in [3.05, 3.63) is 77.6 Å². The second kappa shape index (κ2) is 6.89. The Morgan fingerprint density at radius 3 is 2.42 bits per heavy atom. The maximum atomic E-state index is 12.3. The molecule has 0 aliphatic rings. The van der Waals surface area contributed by atoms with Crippen LogP contribution < -0.4 is 10.8 Å². The van der Waals surface area contributed by atoms with Gasteiger partial charge in [0.05, 0.1) is 0 Å². The lowest BCUT2D eigenvalue weighted by molar-refractivity contribution is 0.0706. The molecule has 24 heavy (non-hydrogen) atoms. The molecule has 0 spiro atoms. The van der Waals surface area contributed by atoms with E-state index < -0.39 is 5.91 Å². The zero-order valence-electron chi connectivity index (χ0n) is 12.7. The molecule has 0 bridgehead atoms. The van der Waals surface area contributed by atoms with Crippen molar-refractivity contribution in [2.45, 2.75) is 6.54 Å². The zero-order chi connectivity index (χ0) is 16.9. The number of hydrogen-bond donors (Lipinski definition) is 3. The monoisotopic (exact) mass is 321 g/mol. The molecule has 2 amide bonds. The van der Waals surface area contributed by atoms with Gasteiger partial charge in [-0.2, -0.15) is 0 Å². The molecule has 2 aromatic carbocycles. The molecule has 0 aliphatic carbocycles. The molecule has 0 aliphatic heterocycles. The molecule has 0 radical (unpaired) electrons. The first-order valence-electron chi connectivity index (χ1n) is 7.33. The van der Waals surface area contributed by atoms with Crippen LogP contribution in [-0.4, -0.2) is 22.0 Å². The summed E-state index contributed by atoms with van der Waals surface area (Å²) in [5.41, 5.74) is 3.34. The molecule has 1 aromatic heterocycles. The van der Waals surface area contributed by atoms with E-state index in [-0.39, 0.29) is 5.91 Å². The van der Waals surface area contributed by atoms with Gasteiger partial charge >= 0.3 is 0 Å². The fraction of sp³-hybridized carbons (Fsp3) is 0.0556. The van der Waals surface area contributed by atoms with E-state index in [1.807, 2.05) is 18.2 Å². The quantitative estimate of drug-likeness (QED) is 0.508. The first-order chi connectivity index (χ1) is 11.7. The van der Waals surface area contributed by atoms with Gasteiger partial charge in [-0.3, -0.25) is 19.8 Å². The minimum Gasteiger partial charge on any atom is -0.348 e. The van der Waals surface area contributed by atoms with Gasteiger partial charge in [-0.25, -0.2) is 5.48 Å². The van der Waals surface area contributed by atoms with Gasteiger partial charge in [0.1, 0.15) is 0 Å². The van der Waals surface area contributed by atoms with Crippen LogP contribution >= 0.6 is 0 Å². The highest BCUT2D eigenvalue weighted by Gasteiger charge is 2.07. The van der Waals surface area contributed by atoms with Gasteiger partial charge in [0.15, 0.2) is 0 Å². The maximum Gasteiger partial charge on any atom is 0.274 e. The molecule has 0 atom stereocenters.